The van der Waals surface area contributed by atoms with Crippen LogP contribution < -0.4 is 0 Å². The maximum Gasteiger partial charge on any atom is 0.147 e. The summed E-state index contributed by atoms with van der Waals surface area (Å²) in [4.78, 5) is 0. The molecule has 0 heterocycles. The zero-order valence-corrected chi connectivity index (χ0v) is 7.29. The van der Waals surface area contributed by atoms with Crippen LogP contribution >= 0.6 is 0 Å². The van der Waals surface area contributed by atoms with E-state index in [4.69, 9.17) is 4.74 Å². The molecular formula is C8H16N2O. The predicted octanol–water partition coefficient (Wildman–Crippen LogP) is 1.82. The summed E-state index contributed by atoms with van der Waals surface area (Å²) < 4.78 is 5.36. The van der Waals surface area contributed by atoms with E-state index >= 15 is 0 Å². The van der Waals surface area contributed by atoms with Gasteiger partial charge in [0.2, 0.25) is 0 Å². The van der Waals surface area contributed by atoms with Crippen molar-refractivity contribution in [3.8, 4) is 0 Å². The van der Waals surface area contributed by atoms with Gasteiger partial charge in [-0.1, -0.05) is 13.5 Å². The topological polar surface area (TPSA) is 24.8 Å². The maximum atomic E-state index is 5.36. The van der Waals surface area contributed by atoms with Crippen LogP contribution in [0.3, 0.4) is 0 Å². The molecule has 11 heavy (non-hydrogen) atoms. The molecule has 0 aliphatic rings. The van der Waals surface area contributed by atoms with Gasteiger partial charge >= 0.3 is 0 Å². The Kier molecular flexibility index (Phi) is 5.47. The molecule has 1 atom stereocenters. The van der Waals surface area contributed by atoms with E-state index in [-0.39, 0.29) is 6.23 Å². The largest absolute Gasteiger partial charge is 0.357 e. The molecule has 1 unspecified atom stereocenters. The second kappa shape index (κ2) is 5.92. The lowest BCUT2D eigenvalue weighted by molar-refractivity contribution is -0.0220. The minimum atomic E-state index is -0.0649. The Morgan fingerprint density at radius 1 is 1.73 bits per heavy atom. The van der Waals surface area contributed by atoms with E-state index < -0.39 is 0 Å². The van der Waals surface area contributed by atoms with Crippen molar-refractivity contribution in [1.29, 1.82) is 0 Å². The van der Waals surface area contributed by atoms with Gasteiger partial charge in [-0.2, -0.15) is 5.10 Å². The van der Waals surface area contributed by atoms with E-state index in [1.165, 1.54) is 0 Å². The molecule has 0 saturated heterocycles. The average molecular weight is 156 g/mol. The van der Waals surface area contributed by atoms with Gasteiger partial charge in [0, 0.05) is 19.5 Å². The highest BCUT2D eigenvalue weighted by molar-refractivity contribution is 5.22. The minimum absolute atomic E-state index is 0.0649. The van der Waals surface area contributed by atoms with Crippen LogP contribution in [-0.4, -0.2) is 24.6 Å². The number of hydrogen-bond acceptors (Lipinski definition) is 3. The molecule has 0 aliphatic carbocycles. The molecule has 64 valence electrons. The van der Waals surface area contributed by atoms with Crippen LogP contribution in [0, 0.1) is 0 Å². The Bertz CT molecular complexity index is 117. The van der Waals surface area contributed by atoms with Crippen LogP contribution in [0.25, 0.3) is 0 Å². The lowest BCUT2D eigenvalue weighted by Gasteiger charge is -2.21. The van der Waals surface area contributed by atoms with Gasteiger partial charge in [-0.25, -0.2) is 5.01 Å². The Morgan fingerprint density at radius 2 is 2.36 bits per heavy atom. The summed E-state index contributed by atoms with van der Waals surface area (Å²) in [6, 6.07) is 0. The molecule has 0 aromatic carbocycles. The normalized spacial score (nSPS) is 12.2. The summed E-state index contributed by atoms with van der Waals surface area (Å²) in [6.07, 6.45) is 2.53. The molecule has 0 bridgehead atoms. The number of nitrogens with zero attached hydrogens (tertiary/aromatic N) is 2. The average Bonchev–Trinajstić information content (AvgIpc) is 2.03. The van der Waals surface area contributed by atoms with Crippen LogP contribution in [0.2, 0.25) is 0 Å². The first kappa shape index (κ1) is 10.2. The molecule has 3 heteroatoms. The summed E-state index contributed by atoms with van der Waals surface area (Å²) in [6.45, 7) is 11.7. The van der Waals surface area contributed by atoms with E-state index in [1.54, 1.807) is 11.2 Å². The third kappa shape index (κ3) is 3.78. The lowest BCUT2D eigenvalue weighted by atomic mass is 10.5. The van der Waals surface area contributed by atoms with Gasteiger partial charge in [0.1, 0.15) is 6.23 Å². The van der Waals surface area contributed by atoms with Crippen LogP contribution in [-0.2, 0) is 4.74 Å². The standard InChI is InChI=1S/C8H16N2O/c1-5-7-11-8(3)10(6-2)9-4/h6,8H,2,4-5,7H2,1,3H3. The van der Waals surface area contributed by atoms with Crippen LogP contribution in [0.1, 0.15) is 20.3 Å². The van der Waals surface area contributed by atoms with Crippen molar-refractivity contribution in [3.05, 3.63) is 12.8 Å². The van der Waals surface area contributed by atoms with Crippen molar-refractivity contribution in [2.24, 2.45) is 5.10 Å². The number of hydrogen-bond donors (Lipinski definition) is 0. The van der Waals surface area contributed by atoms with E-state index in [0.29, 0.717) is 0 Å². The van der Waals surface area contributed by atoms with E-state index in [0.717, 1.165) is 13.0 Å². The zero-order valence-electron chi connectivity index (χ0n) is 7.29. The number of rotatable bonds is 6. The van der Waals surface area contributed by atoms with Gasteiger partial charge in [0.05, 0.1) is 0 Å². The second-order valence-corrected chi connectivity index (χ2v) is 2.17. The molecular weight excluding hydrogens is 140 g/mol. The van der Waals surface area contributed by atoms with Crippen molar-refractivity contribution >= 4 is 6.72 Å². The summed E-state index contributed by atoms with van der Waals surface area (Å²) in [5.41, 5.74) is 0. The molecule has 0 N–H and O–H groups in total. The zero-order chi connectivity index (χ0) is 8.69. The van der Waals surface area contributed by atoms with Crippen LogP contribution in [0.5, 0.6) is 0 Å². The Hall–Kier alpha value is -0.830. The summed E-state index contributed by atoms with van der Waals surface area (Å²) in [7, 11) is 0. The first-order valence-electron chi connectivity index (χ1n) is 3.75. The van der Waals surface area contributed by atoms with Crippen molar-refractivity contribution in [2.45, 2.75) is 26.5 Å². The quantitative estimate of drug-likeness (QED) is 0.333. The molecule has 0 fully saturated rings. The highest BCUT2D eigenvalue weighted by Gasteiger charge is 2.05. The van der Waals surface area contributed by atoms with Gasteiger partial charge in [-0.3, -0.25) is 0 Å². The molecule has 0 rings (SSSR count). The van der Waals surface area contributed by atoms with Crippen LogP contribution in [0.15, 0.2) is 17.9 Å². The molecule has 0 spiro atoms. The fourth-order valence-electron chi connectivity index (χ4n) is 0.686. The summed E-state index contributed by atoms with van der Waals surface area (Å²) >= 11 is 0. The molecule has 0 saturated carbocycles. The Morgan fingerprint density at radius 3 is 2.73 bits per heavy atom. The van der Waals surface area contributed by atoms with Gasteiger partial charge in [-0.15, -0.1) is 0 Å². The minimum Gasteiger partial charge on any atom is -0.357 e. The van der Waals surface area contributed by atoms with E-state index in [2.05, 4.69) is 25.3 Å². The van der Waals surface area contributed by atoms with Crippen LogP contribution in [0.4, 0.5) is 0 Å². The van der Waals surface area contributed by atoms with E-state index in [1.807, 2.05) is 6.92 Å². The third-order valence-corrected chi connectivity index (χ3v) is 1.29. The van der Waals surface area contributed by atoms with Crippen molar-refractivity contribution in [2.75, 3.05) is 6.61 Å². The second-order valence-electron chi connectivity index (χ2n) is 2.17. The molecule has 0 aromatic heterocycles. The van der Waals surface area contributed by atoms with Gasteiger partial charge in [-0.05, 0) is 13.3 Å². The Balaban J connectivity index is 3.68. The van der Waals surface area contributed by atoms with Gasteiger partial charge in [0.15, 0.2) is 0 Å². The van der Waals surface area contributed by atoms with Crippen molar-refractivity contribution in [3.63, 3.8) is 0 Å². The molecule has 0 radical (unpaired) electrons. The lowest BCUT2D eigenvalue weighted by Crippen LogP contribution is -2.25. The van der Waals surface area contributed by atoms with Crippen molar-refractivity contribution in [1.82, 2.24) is 5.01 Å². The smallest absolute Gasteiger partial charge is 0.147 e. The summed E-state index contributed by atoms with van der Waals surface area (Å²) in [5.74, 6) is 0. The summed E-state index contributed by atoms with van der Waals surface area (Å²) in [5, 5.41) is 5.28. The molecule has 0 amide bonds. The highest BCUT2D eigenvalue weighted by atomic mass is 16.5. The third-order valence-electron chi connectivity index (χ3n) is 1.29. The Labute approximate surface area is 68.3 Å². The monoisotopic (exact) mass is 156 g/mol. The maximum absolute atomic E-state index is 5.36. The number of hydrazone groups is 1. The molecule has 0 aromatic rings. The van der Waals surface area contributed by atoms with Gasteiger partial charge < -0.3 is 4.74 Å². The first-order valence-corrected chi connectivity index (χ1v) is 3.75. The fourth-order valence-corrected chi connectivity index (χ4v) is 0.686. The molecule has 0 aliphatic heterocycles. The molecule has 3 nitrogen and oxygen atoms in total. The predicted molar refractivity (Wildman–Crippen MR) is 47.3 cm³/mol. The van der Waals surface area contributed by atoms with Gasteiger partial charge in [0.25, 0.3) is 0 Å². The first-order chi connectivity index (χ1) is 5.26. The SMILES string of the molecule is C=CN(N=C)C(C)OCCC. The van der Waals surface area contributed by atoms with Crippen molar-refractivity contribution < 1.29 is 4.74 Å². The fraction of sp³-hybridized carbons (Fsp3) is 0.625. The van der Waals surface area contributed by atoms with E-state index in [9.17, 15) is 0 Å². The number of ether oxygens (including phenoxy) is 1. The highest BCUT2D eigenvalue weighted by Crippen LogP contribution is 2.01.